The number of nitrogens with zero attached hydrogens (tertiary/aromatic N) is 3. The number of rotatable bonds is 6. The predicted octanol–water partition coefficient (Wildman–Crippen LogP) is 3.47. The van der Waals surface area contributed by atoms with Gasteiger partial charge in [0.1, 0.15) is 0 Å². The Labute approximate surface area is 193 Å². The lowest BCUT2D eigenvalue weighted by Crippen LogP contribution is -2.39. The number of carbonyl (C=O) groups excluding carboxylic acids is 1. The zero-order chi connectivity index (χ0) is 24.3. The third kappa shape index (κ3) is 5.77. The van der Waals surface area contributed by atoms with Crippen LogP contribution in [0, 0.1) is 5.92 Å². The molecule has 3 aromatic rings. The van der Waals surface area contributed by atoms with Crippen molar-refractivity contribution in [3.63, 3.8) is 0 Å². The summed E-state index contributed by atoms with van der Waals surface area (Å²) in [5.74, 6) is -2.26. The SMILES string of the molecule is O=C(NCCC1CN(Cc2cccc3[nH]ccc23)Cc2ccnn21)C1CC1.O=C(O)C(F)(F)F. The van der Waals surface area contributed by atoms with Gasteiger partial charge in [0.05, 0.1) is 11.7 Å². The van der Waals surface area contributed by atoms with E-state index in [-0.39, 0.29) is 11.8 Å². The van der Waals surface area contributed by atoms with Gasteiger partial charge in [-0.05, 0) is 43.0 Å². The second-order valence-corrected chi connectivity index (χ2v) is 8.60. The van der Waals surface area contributed by atoms with Gasteiger partial charge in [0.25, 0.3) is 0 Å². The van der Waals surface area contributed by atoms with E-state index < -0.39 is 12.1 Å². The monoisotopic (exact) mass is 477 g/mol. The molecule has 0 saturated heterocycles. The number of benzene rings is 1. The zero-order valence-electron chi connectivity index (χ0n) is 18.4. The van der Waals surface area contributed by atoms with Crippen molar-refractivity contribution in [2.45, 2.75) is 44.6 Å². The summed E-state index contributed by atoms with van der Waals surface area (Å²) < 4.78 is 33.9. The summed E-state index contributed by atoms with van der Waals surface area (Å²) in [6.45, 7) is 3.51. The number of halogens is 3. The minimum atomic E-state index is -5.08. The van der Waals surface area contributed by atoms with Gasteiger partial charge in [-0.3, -0.25) is 14.4 Å². The molecule has 182 valence electrons. The van der Waals surface area contributed by atoms with E-state index in [4.69, 9.17) is 9.90 Å². The molecule has 0 spiro atoms. The van der Waals surface area contributed by atoms with Crippen LogP contribution in [0.4, 0.5) is 13.2 Å². The molecule has 1 saturated carbocycles. The maximum absolute atomic E-state index is 11.9. The average molecular weight is 477 g/mol. The molecule has 8 nitrogen and oxygen atoms in total. The summed E-state index contributed by atoms with van der Waals surface area (Å²) in [5.41, 5.74) is 3.79. The normalized spacial score (nSPS) is 18.1. The molecule has 5 rings (SSSR count). The van der Waals surface area contributed by atoms with Crippen molar-refractivity contribution in [3.8, 4) is 0 Å². The molecule has 0 radical (unpaired) electrons. The Morgan fingerprint density at radius 2 is 1.97 bits per heavy atom. The van der Waals surface area contributed by atoms with Crippen molar-refractivity contribution < 1.29 is 27.9 Å². The number of fused-ring (bicyclic) bond motifs is 2. The molecule has 3 heterocycles. The Kier molecular flexibility index (Phi) is 6.92. The summed E-state index contributed by atoms with van der Waals surface area (Å²) in [7, 11) is 0. The number of aromatic amines is 1. The highest BCUT2D eigenvalue weighted by molar-refractivity contribution is 5.82. The van der Waals surface area contributed by atoms with E-state index in [0.717, 1.165) is 45.4 Å². The second-order valence-electron chi connectivity index (χ2n) is 8.60. The van der Waals surface area contributed by atoms with Crippen LogP contribution in [0.25, 0.3) is 10.9 Å². The van der Waals surface area contributed by atoms with Gasteiger partial charge in [0.15, 0.2) is 0 Å². The third-order valence-electron chi connectivity index (χ3n) is 6.00. The maximum Gasteiger partial charge on any atom is 0.490 e. The van der Waals surface area contributed by atoms with Crippen molar-refractivity contribution in [1.82, 2.24) is 25.0 Å². The Hall–Kier alpha value is -3.34. The summed E-state index contributed by atoms with van der Waals surface area (Å²) >= 11 is 0. The minimum absolute atomic E-state index is 0.225. The van der Waals surface area contributed by atoms with Crippen LogP contribution in [0.1, 0.15) is 36.6 Å². The van der Waals surface area contributed by atoms with Gasteiger partial charge < -0.3 is 15.4 Å². The molecule has 1 aromatic carbocycles. The topological polar surface area (TPSA) is 103 Å². The number of H-pyrrole nitrogens is 1. The van der Waals surface area contributed by atoms with E-state index in [9.17, 15) is 18.0 Å². The number of alkyl halides is 3. The third-order valence-corrected chi connectivity index (χ3v) is 6.00. The van der Waals surface area contributed by atoms with Gasteiger partial charge in [-0.25, -0.2) is 4.79 Å². The Bertz CT molecular complexity index is 1150. The minimum Gasteiger partial charge on any atom is -0.475 e. The van der Waals surface area contributed by atoms with Crippen LogP contribution in [0.3, 0.4) is 0 Å². The van der Waals surface area contributed by atoms with Crippen LogP contribution in [-0.4, -0.2) is 55.9 Å². The fraction of sp³-hybridized carbons (Fsp3) is 0.435. The number of hydrogen-bond donors (Lipinski definition) is 3. The van der Waals surface area contributed by atoms with Gasteiger partial charge in [-0.2, -0.15) is 18.3 Å². The highest BCUT2D eigenvalue weighted by Crippen LogP contribution is 2.29. The fourth-order valence-corrected chi connectivity index (χ4v) is 4.18. The predicted molar refractivity (Wildman–Crippen MR) is 118 cm³/mol. The van der Waals surface area contributed by atoms with Crippen molar-refractivity contribution in [2.75, 3.05) is 13.1 Å². The van der Waals surface area contributed by atoms with E-state index in [1.54, 1.807) is 0 Å². The lowest BCUT2D eigenvalue weighted by Gasteiger charge is -2.34. The first-order valence-electron chi connectivity index (χ1n) is 11.1. The Balaban J connectivity index is 0.000000344. The lowest BCUT2D eigenvalue weighted by molar-refractivity contribution is -0.192. The van der Waals surface area contributed by atoms with Gasteiger partial charge >= 0.3 is 12.1 Å². The van der Waals surface area contributed by atoms with E-state index in [2.05, 4.69) is 55.3 Å². The standard InChI is InChI=1S/C21H25N5O.C2HF3O2/c27-21(15-4-5-15)23-9-6-17-13-25(14-18-7-11-24-26(17)18)12-16-2-1-3-20-19(16)8-10-22-20;3-2(4,5)1(6)7/h1-3,7-8,10-11,15,17,22H,4-6,9,12-14H2,(H,23,27);(H,6,7). The number of aliphatic carboxylic acids is 1. The molecule has 2 aliphatic rings. The second kappa shape index (κ2) is 9.88. The molecule has 1 aliphatic carbocycles. The number of carboxylic acids is 1. The largest absolute Gasteiger partial charge is 0.490 e. The first kappa shape index (κ1) is 23.8. The molecule has 2 aromatic heterocycles. The van der Waals surface area contributed by atoms with Crippen LogP contribution < -0.4 is 5.32 Å². The number of carboxylic acid groups (broad SMARTS) is 1. The van der Waals surface area contributed by atoms with Crippen LogP contribution >= 0.6 is 0 Å². The molecule has 1 aliphatic heterocycles. The molecule has 34 heavy (non-hydrogen) atoms. The smallest absolute Gasteiger partial charge is 0.475 e. The van der Waals surface area contributed by atoms with Crippen molar-refractivity contribution in [2.24, 2.45) is 5.92 Å². The summed E-state index contributed by atoms with van der Waals surface area (Å²) in [4.78, 5) is 26.6. The highest BCUT2D eigenvalue weighted by Gasteiger charge is 2.38. The Morgan fingerprint density at radius 3 is 2.68 bits per heavy atom. The molecular weight excluding hydrogens is 451 g/mol. The molecular formula is C23H26F3N5O3. The summed E-state index contributed by atoms with van der Waals surface area (Å²) in [6, 6.07) is 11.0. The van der Waals surface area contributed by atoms with E-state index in [1.165, 1.54) is 22.2 Å². The van der Waals surface area contributed by atoms with E-state index in [1.807, 2.05) is 12.4 Å². The van der Waals surface area contributed by atoms with Crippen molar-refractivity contribution in [1.29, 1.82) is 0 Å². The number of aromatic nitrogens is 3. The number of amides is 1. The number of carbonyl (C=O) groups is 2. The molecule has 3 N–H and O–H groups in total. The van der Waals surface area contributed by atoms with E-state index in [0.29, 0.717) is 6.04 Å². The Morgan fingerprint density at radius 1 is 1.21 bits per heavy atom. The molecule has 1 amide bonds. The maximum atomic E-state index is 11.9. The van der Waals surface area contributed by atoms with Crippen LogP contribution in [0.5, 0.6) is 0 Å². The first-order valence-corrected chi connectivity index (χ1v) is 11.1. The summed E-state index contributed by atoms with van der Waals surface area (Å²) in [5, 5.41) is 16.1. The first-order chi connectivity index (χ1) is 16.2. The van der Waals surface area contributed by atoms with Crippen molar-refractivity contribution >= 4 is 22.8 Å². The van der Waals surface area contributed by atoms with Gasteiger partial charge in [0, 0.05) is 55.4 Å². The number of nitrogens with one attached hydrogen (secondary N) is 2. The van der Waals surface area contributed by atoms with Gasteiger partial charge in [-0.15, -0.1) is 0 Å². The van der Waals surface area contributed by atoms with Gasteiger partial charge in [-0.1, -0.05) is 12.1 Å². The van der Waals surface area contributed by atoms with Crippen molar-refractivity contribution in [3.05, 3.63) is 54.0 Å². The summed E-state index contributed by atoms with van der Waals surface area (Å²) in [6.07, 6.45) is 1.83. The average Bonchev–Trinajstić information content (AvgIpc) is 3.32. The lowest BCUT2D eigenvalue weighted by atomic mass is 10.1. The molecule has 1 fully saturated rings. The van der Waals surface area contributed by atoms with Gasteiger partial charge in [0.2, 0.25) is 5.91 Å². The molecule has 11 heteroatoms. The molecule has 0 bridgehead atoms. The highest BCUT2D eigenvalue weighted by atomic mass is 19.4. The molecule has 1 unspecified atom stereocenters. The molecule has 1 atom stereocenters. The fourth-order valence-electron chi connectivity index (χ4n) is 4.18. The number of hydrogen-bond acceptors (Lipinski definition) is 4. The quantitative estimate of drug-likeness (QED) is 0.505. The van der Waals surface area contributed by atoms with Crippen LogP contribution in [-0.2, 0) is 22.7 Å². The zero-order valence-corrected chi connectivity index (χ0v) is 18.4. The van der Waals surface area contributed by atoms with Crippen LogP contribution in [0.2, 0.25) is 0 Å². The van der Waals surface area contributed by atoms with Crippen LogP contribution in [0.15, 0.2) is 42.7 Å². The van der Waals surface area contributed by atoms with E-state index >= 15 is 0 Å².